The average Bonchev–Trinajstić information content (AvgIpc) is 3.15. The largest absolute Gasteiger partial charge is 0.379 e. The smallest absolute Gasteiger partial charge is 0.224 e. The first-order valence-corrected chi connectivity index (χ1v) is 8.97. The van der Waals surface area contributed by atoms with E-state index in [0.717, 1.165) is 39.3 Å². The number of ether oxygens (including phenoxy) is 1. The molecule has 1 saturated carbocycles. The van der Waals surface area contributed by atoms with Gasteiger partial charge in [0.05, 0.1) is 13.2 Å². The number of hydrogen-bond donors (Lipinski definition) is 1. The molecule has 2 aliphatic heterocycles. The summed E-state index contributed by atoms with van der Waals surface area (Å²) in [6.45, 7) is 7.31. The fraction of sp³-hybridized carbons (Fsp3) is 0.941. The van der Waals surface area contributed by atoms with Gasteiger partial charge in [-0.2, -0.15) is 0 Å². The van der Waals surface area contributed by atoms with Crippen molar-refractivity contribution in [3.8, 4) is 0 Å². The van der Waals surface area contributed by atoms with Gasteiger partial charge in [0.2, 0.25) is 5.91 Å². The van der Waals surface area contributed by atoms with Crippen molar-refractivity contribution >= 4 is 5.91 Å². The van der Waals surface area contributed by atoms with Crippen LogP contribution >= 0.6 is 0 Å². The minimum absolute atomic E-state index is 0.0986. The Labute approximate surface area is 134 Å². The van der Waals surface area contributed by atoms with Gasteiger partial charge in [0.15, 0.2) is 0 Å². The Morgan fingerprint density at radius 1 is 1.27 bits per heavy atom. The first-order chi connectivity index (χ1) is 10.6. The van der Waals surface area contributed by atoms with Crippen LogP contribution in [0.4, 0.5) is 0 Å². The number of nitrogens with zero attached hydrogens (tertiary/aromatic N) is 2. The van der Waals surface area contributed by atoms with Crippen molar-refractivity contribution in [1.29, 1.82) is 0 Å². The molecular weight excluding hydrogens is 278 g/mol. The van der Waals surface area contributed by atoms with Gasteiger partial charge in [0.1, 0.15) is 0 Å². The lowest BCUT2D eigenvalue weighted by Gasteiger charge is -2.44. The van der Waals surface area contributed by atoms with Crippen LogP contribution in [0.5, 0.6) is 0 Å². The molecule has 0 aromatic heterocycles. The molecule has 126 valence electrons. The van der Waals surface area contributed by atoms with E-state index in [1.807, 2.05) is 0 Å². The van der Waals surface area contributed by atoms with E-state index in [-0.39, 0.29) is 5.54 Å². The number of rotatable bonds is 4. The van der Waals surface area contributed by atoms with E-state index in [4.69, 9.17) is 10.5 Å². The van der Waals surface area contributed by atoms with E-state index in [0.29, 0.717) is 30.8 Å². The van der Waals surface area contributed by atoms with Crippen LogP contribution in [-0.2, 0) is 9.53 Å². The van der Waals surface area contributed by atoms with Gasteiger partial charge >= 0.3 is 0 Å². The normalized spacial score (nSPS) is 32.5. The summed E-state index contributed by atoms with van der Waals surface area (Å²) in [5.41, 5.74) is 5.90. The predicted octanol–water partition coefficient (Wildman–Crippen LogP) is 1.22. The van der Waals surface area contributed by atoms with Gasteiger partial charge in [-0.05, 0) is 38.6 Å². The van der Waals surface area contributed by atoms with Crippen LogP contribution < -0.4 is 5.73 Å². The van der Waals surface area contributed by atoms with Crippen molar-refractivity contribution in [3.63, 3.8) is 0 Å². The van der Waals surface area contributed by atoms with Crippen LogP contribution in [0.3, 0.4) is 0 Å². The Morgan fingerprint density at radius 3 is 2.55 bits per heavy atom. The van der Waals surface area contributed by atoms with E-state index in [1.54, 1.807) is 0 Å². The van der Waals surface area contributed by atoms with E-state index in [9.17, 15) is 4.79 Å². The third kappa shape index (κ3) is 3.17. The van der Waals surface area contributed by atoms with Crippen LogP contribution in [-0.4, -0.2) is 66.7 Å². The third-order valence-corrected chi connectivity index (χ3v) is 6.01. The van der Waals surface area contributed by atoms with Gasteiger partial charge in [-0.25, -0.2) is 0 Å². The first kappa shape index (κ1) is 16.2. The second kappa shape index (κ2) is 6.85. The Kier molecular flexibility index (Phi) is 5.05. The molecule has 3 rings (SSSR count). The van der Waals surface area contributed by atoms with Crippen LogP contribution in [0.1, 0.15) is 45.4 Å². The molecule has 0 aromatic rings. The van der Waals surface area contributed by atoms with E-state index < -0.39 is 0 Å². The van der Waals surface area contributed by atoms with Crippen LogP contribution in [0.2, 0.25) is 0 Å². The van der Waals surface area contributed by atoms with Gasteiger partial charge in [0.25, 0.3) is 0 Å². The summed E-state index contributed by atoms with van der Waals surface area (Å²) < 4.78 is 5.50. The van der Waals surface area contributed by atoms with Crippen molar-refractivity contribution < 1.29 is 9.53 Å². The standard InChI is InChI=1S/C17H31N3O2/c1-14-10-15(12-18)13-20(14)16(21)11-17(4-2-3-5-17)19-6-8-22-9-7-19/h14-15H,2-13,18H2,1H3. The Hall–Kier alpha value is -0.650. The number of likely N-dealkylation sites (tertiary alicyclic amines) is 1. The minimum atomic E-state index is 0.0986. The van der Waals surface area contributed by atoms with Crippen molar-refractivity contribution in [2.45, 2.75) is 57.0 Å². The van der Waals surface area contributed by atoms with Gasteiger partial charge in [-0.15, -0.1) is 0 Å². The zero-order valence-corrected chi connectivity index (χ0v) is 13.9. The molecule has 3 fully saturated rings. The highest BCUT2D eigenvalue weighted by atomic mass is 16.5. The lowest BCUT2D eigenvalue weighted by atomic mass is 9.89. The molecule has 2 N–H and O–H groups in total. The van der Waals surface area contributed by atoms with E-state index in [1.165, 1.54) is 25.7 Å². The Morgan fingerprint density at radius 2 is 1.95 bits per heavy atom. The average molecular weight is 309 g/mol. The molecule has 2 unspecified atom stereocenters. The van der Waals surface area contributed by atoms with Gasteiger partial charge in [-0.1, -0.05) is 12.8 Å². The molecule has 5 nitrogen and oxygen atoms in total. The zero-order chi connectivity index (χ0) is 15.6. The first-order valence-electron chi connectivity index (χ1n) is 8.97. The molecule has 5 heteroatoms. The minimum Gasteiger partial charge on any atom is -0.379 e. The number of morpholine rings is 1. The zero-order valence-electron chi connectivity index (χ0n) is 13.9. The lowest BCUT2D eigenvalue weighted by Crippen LogP contribution is -2.54. The SMILES string of the molecule is CC1CC(CN)CN1C(=O)CC1(N2CCOCC2)CCCC1. The van der Waals surface area contributed by atoms with Crippen LogP contribution in [0, 0.1) is 5.92 Å². The number of carbonyl (C=O) groups excluding carboxylic acids is 1. The third-order valence-electron chi connectivity index (χ3n) is 6.01. The number of hydrogen-bond acceptors (Lipinski definition) is 4. The summed E-state index contributed by atoms with van der Waals surface area (Å²) in [6.07, 6.45) is 6.60. The molecule has 3 aliphatic rings. The van der Waals surface area contributed by atoms with Crippen molar-refractivity contribution in [2.75, 3.05) is 39.4 Å². The molecule has 0 bridgehead atoms. The number of nitrogens with two attached hydrogens (primary N) is 1. The highest BCUT2D eigenvalue weighted by Crippen LogP contribution is 2.39. The summed E-state index contributed by atoms with van der Waals surface area (Å²) in [6, 6.07) is 0.351. The quantitative estimate of drug-likeness (QED) is 0.848. The van der Waals surface area contributed by atoms with Crippen molar-refractivity contribution in [1.82, 2.24) is 9.80 Å². The molecule has 1 aliphatic carbocycles. The fourth-order valence-electron chi connectivity index (χ4n) is 4.72. The van der Waals surface area contributed by atoms with Gasteiger partial charge in [-0.3, -0.25) is 9.69 Å². The molecule has 0 aromatic carbocycles. The topological polar surface area (TPSA) is 58.8 Å². The van der Waals surface area contributed by atoms with Crippen molar-refractivity contribution in [2.24, 2.45) is 11.7 Å². The maximum atomic E-state index is 12.9. The highest BCUT2D eigenvalue weighted by Gasteiger charge is 2.44. The second-order valence-corrected chi connectivity index (χ2v) is 7.44. The summed E-state index contributed by atoms with van der Waals surface area (Å²) >= 11 is 0. The molecule has 2 atom stereocenters. The Bertz CT molecular complexity index is 389. The Balaban J connectivity index is 1.67. The van der Waals surface area contributed by atoms with Gasteiger partial charge in [0, 0.05) is 37.6 Å². The molecule has 0 radical (unpaired) electrons. The van der Waals surface area contributed by atoms with Crippen LogP contribution in [0.15, 0.2) is 0 Å². The summed E-state index contributed by atoms with van der Waals surface area (Å²) in [4.78, 5) is 17.6. The summed E-state index contributed by atoms with van der Waals surface area (Å²) in [7, 11) is 0. The molecule has 2 heterocycles. The van der Waals surface area contributed by atoms with Gasteiger partial charge < -0.3 is 15.4 Å². The predicted molar refractivity (Wildman–Crippen MR) is 86.5 cm³/mol. The molecule has 1 amide bonds. The highest BCUT2D eigenvalue weighted by molar-refractivity contribution is 5.78. The number of carbonyl (C=O) groups is 1. The van der Waals surface area contributed by atoms with Crippen molar-refractivity contribution in [3.05, 3.63) is 0 Å². The summed E-state index contributed by atoms with van der Waals surface area (Å²) in [5, 5.41) is 0. The fourth-order valence-corrected chi connectivity index (χ4v) is 4.72. The monoisotopic (exact) mass is 309 g/mol. The molecule has 2 saturated heterocycles. The van der Waals surface area contributed by atoms with E-state index in [2.05, 4.69) is 16.7 Å². The second-order valence-electron chi connectivity index (χ2n) is 7.44. The maximum absolute atomic E-state index is 12.9. The van der Waals surface area contributed by atoms with E-state index >= 15 is 0 Å². The lowest BCUT2D eigenvalue weighted by molar-refractivity contribution is -0.136. The number of amides is 1. The molecule has 0 spiro atoms. The summed E-state index contributed by atoms with van der Waals surface area (Å²) in [5.74, 6) is 0.832. The van der Waals surface area contributed by atoms with Crippen LogP contribution in [0.25, 0.3) is 0 Å². The maximum Gasteiger partial charge on any atom is 0.224 e. The molecule has 22 heavy (non-hydrogen) atoms. The molecular formula is C17H31N3O2.